The zero-order valence-corrected chi connectivity index (χ0v) is 16.4. The number of nitrogen functional groups attached to an aromatic ring is 1. The SMILES string of the molecule is CC.CC.CC.NCc1ccc(-c2ccc3ncnc(N)c3c2)s1. The van der Waals surface area contributed by atoms with E-state index in [-0.39, 0.29) is 0 Å². The highest BCUT2D eigenvalue weighted by Gasteiger charge is 2.05. The van der Waals surface area contributed by atoms with Crippen LogP contribution in [0.1, 0.15) is 46.4 Å². The van der Waals surface area contributed by atoms with Crippen molar-refractivity contribution in [3.63, 3.8) is 0 Å². The van der Waals surface area contributed by atoms with Crippen molar-refractivity contribution in [3.05, 3.63) is 41.5 Å². The van der Waals surface area contributed by atoms with Gasteiger partial charge in [0.25, 0.3) is 0 Å². The van der Waals surface area contributed by atoms with E-state index in [0.717, 1.165) is 16.5 Å². The summed E-state index contributed by atoms with van der Waals surface area (Å²) < 4.78 is 0. The zero-order chi connectivity index (χ0) is 18.5. The fraction of sp³-hybridized carbons (Fsp3) is 0.368. The van der Waals surface area contributed by atoms with E-state index in [0.29, 0.717) is 12.4 Å². The maximum atomic E-state index is 5.87. The minimum absolute atomic E-state index is 0.512. The van der Waals surface area contributed by atoms with Crippen LogP contribution < -0.4 is 11.5 Å². The number of rotatable bonds is 2. The third-order valence-corrected chi connectivity index (χ3v) is 3.97. The lowest BCUT2D eigenvalue weighted by Crippen LogP contribution is -1.93. The lowest BCUT2D eigenvalue weighted by atomic mass is 10.1. The van der Waals surface area contributed by atoms with Crippen LogP contribution >= 0.6 is 11.3 Å². The molecule has 3 rings (SSSR count). The second-order valence-electron chi connectivity index (χ2n) is 3.96. The molecule has 24 heavy (non-hydrogen) atoms. The van der Waals surface area contributed by atoms with Gasteiger partial charge in [0.05, 0.1) is 5.52 Å². The van der Waals surface area contributed by atoms with Crippen molar-refractivity contribution in [1.82, 2.24) is 9.97 Å². The van der Waals surface area contributed by atoms with Gasteiger partial charge < -0.3 is 11.5 Å². The quantitative estimate of drug-likeness (QED) is 0.644. The normalized spacial score (nSPS) is 8.96. The van der Waals surface area contributed by atoms with E-state index < -0.39 is 0 Å². The van der Waals surface area contributed by atoms with Crippen LogP contribution in [0.25, 0.3) is 21.3 Å². The third kappa shape index (κ3) is 5.58. The fourth-order valence-corrected chi connectivity index (χ4v) is 2.76. The van der Waals surface area contributed by atoms with E-state index in [1.54, 1.807) is 11.3 Å². The van der Waals surface area contributed by atoms with Gasteiger partial charge in [-0.25, -0.2) is 9.97 Å². The Morgan fingerprint density at radius 1 is 0.917 bits per heavy atom. The predicted molar refractivity (Wildman–Crippen MR) is 109 cm³/mol. The number of nitrogens with zero attached hydrogens (tertiary/aromatic N) is 2. The molecule has 0 saturated heterocycles. The summed E-state index contributed by atoms with van der Waals surface area (Å²) in [6.45, 7) is 12.6. The molecule has 5 heteroatoms. The van der Waals surface area contributed by atoms with Crippen LogP contribution in [-0.2, 0) is 6.54 Å². The van der Waals surface area contributed by atoms with Crippen molar-refractivity contribution in [2.24, 2.45) is 5.73 Å². The molecular weight excluding hydrogens is 316 g/mol. The molecule has 0 fully saturated rings. The van der Waals surface area contributed by atoms with Crippen molar-refractivity contribution < 1.29 is 0 Å². The number of anilines is 1. The lowest BCUT2D eigenvalue weighted by molar-refractivity contribution is 1.11. The zero-order valence-electron chi connectivity index (χ0n) is 15.6. The first-order chi connectivity index (χ1) is 11.8. The molecule has 1 aromatic carbocycles. The monoisotopic (exact) mass is 346 g/mol. The summed E-state index contributed by atoms with van der Waals surface area (Å²) in [4.78, 5) is 10.6. The van der Waals surface area contributed by atoms with E-state index in [4.69, 9.17) is 11.5 Å². The molecule has 0 aliphatic heterocycles. The molecule has 4 N–H and O–H groups in total. The lowest BCUT2D eigenvalue weighted by Gasteiger charge is -2.02. The maximum Gasteiger partial charge on any atom is 0.134 e. The topological polar surface area (TPSA) is 77.8 Å². The first-order valence-electron chi connectivity index (χ1n) is 8.57. The average molecular weight is 347 g/mol. The Kier molecular flexibility index (Phi) is 11.4. The molecule has 2 heterocycles. The van der Waals surface area contributed by atoms with Crippen molar-refractivity contribution in [2.45, 2.75) is 48.1 Å². The molecule has 0 unspecified atom stereocenters. The molecule has 0 aliphatic rings. The molecule has 3 aromatic rings. The van der Waals surface area contributed by atoms with Gasteiger partial charge in [0.1, 0.15) is 12.1 Å². The van der Waals surface area contributed by atoms with Crippen LogP contribution in [0.5, 0.6) is 0 Å². The summed E-state index contributed by atoms with van der Waals surface area (Å²) in [5.41, 5.74) is 13.5. The largest absolute Gasteiger partial charge is 0.383 e. The van der Waals surface area contributed by atoms with Gasteiger partial charge in [0.2, 0.25) is 0 Å². The molecule has 132 valence electrons. The van der Waals surface area contributed by atoms with Gasteiger partial charge in [-0.2, -0.15) is 0 Å². The predicted octanol–water partition coefficient (Wildman–Crippen LogP) is 5.48. The maximum absolute atomic E-state index is 5.87. The Labute approximate surface area is 150 Å². The van der Waals surface area contributed by atoms with E-state index in [1.807, 2.05) is 59.7 Å². The van der Waals surface area contributed by atoms with Crippen LogP contribution in [0, 0.1) is 0 Å². The summed E-state index contributed by atoms with van der Waals surface area (Å²) in [7, 11) is 0. The molecule has 4 nitrogen and oxygen atoms in total. The summed E-state index contributed by atoms with van der Waals surface area (Å²) in [5, 5.41) is 0.887. The van der Waals surface area contributed by atoms with Gasteiger partial charge in [-0.3, -0.25) is 0 Å². The van der Waals surface area contributed by atoms with Gasteiger partial charge in [0.15, 0.2) is 0 Å². The van der Waals surface area contributed by atoms with Crippen LogP contribution in [0.2, 0.25) is 0 Å². The number of hydrogen-bond acceptors (Lipinski definition) is 5. The second kappa shape index (κ2) is 12.4. The molecular formula is C19H30N4S. The van der Waals surface area contributed by atoms with Gasteiger partial charge in [-0.15, -0.1) is 11.3 Å². The summed E-state index contributed by atoms with van der Waals surface area (Å²) in [6.07, 6.45) is 1.48. The Balaban J connectivity index is 0.000000798. The highest BCUT2D eigenvalue weighted by molar-refractivity contribution is 7.15. The molecule has 0 atom stereocenters. The summed E-state index contributed by atoms with van der Waals surface area (Å²) in [6, 6.07) is 10.2. The highest BCUT2D eigenvalue weighted by Crippen LogP contribution is 2.30. The van der Waals surface area contributed by atoms with Gasteiger partial charge in [-0.1, -0.05) is 47.6 Å². The molecule has 0 spiro atoms. The average Bonchev–Trinajstić information content (AvgIpc) is 3.16. The smallest absolute Gasteiger partial charge is 0.134 e. The van der Waals surface area contributed by atoms with Crippen molar-refractivity contribution in [1.29, 1.82) is 0 Å². The molecule has 0 amide bonds. The number of nitrogens with two attached hydrogens (primary N) is 2. The van der Waals surface area contributed by atoms with Crippen LogP contribution in [0.4, 0.5) is 5.82 Å². The van der Waals surface area contributed by atoms with Gasteiger partial charge >= 0.3 is 0 Å². The molecule has 0 radical (unpaired) electrons. The van der Waals surface area contributed by atoms with Crippen LogP contribution in [0.3, 0.4) is 0 Å². The number of aromatic nitrogens is 2. The van der Waals surface area contributed by atoms with E-state index in [9.17, 15) is 0 Å². The standard InChI is InChI=1S/C13H12N4S.3C2H6/c14-6-9-2-4-12(18-9)8-1-3-11-10(5-8)13(15)17-7-16-11;3*1-2/h1-5,7H,6,14H2,(H2,15,16,17);3*1-2H3. The summed E-state index contributed by atoms with van der Waals surface area (Å²) in [5.74, 6) is 0.512. The van der Waals surface area contributed by atoms with Gasteiger partial charge in [0, 0.05) is 21.7 Å². The Morgan fingerprint density at radius 2 is 1.58 bits per heavy atom. The van der Waals surface area contributed by atoms with Crippen molar-refractivity contribution >= 4 is 28.1 Å². The molecule has 2 aromatic heterocycles. The first kappa shape index (κ1) is 22.0. The summed E-state index contributed by atoms with van der Waals surface area (Å²) >= 11 is 1.69. The number of thiophene rings is 1. The van der Waals surface area contributed by atoms with E-state index in [1.165, 1.54) is 16.1 Å². The molecule has 0 bridgehead atoms. The number of fused-ring (bicyclic) bond motifs is 1. The number of benzene rings is 1. The van der Waals surface area contributed by atoms with Crippen LogP contribution in [-0.4, -0.2) is 9.97 Å². The minimum atomic E-state index is 0.512. The number of hydrogen-bond donors (Lipinski definition) is 2. The minimum Gasteiger partial charge on any atom is -0.383 e. The van der Waals surface area contributed by atoms with Crippen LogP contribution in [0.15, 0.2) is 36.7 Å². The second-order valence-corrected chi connectivity index (χ2v) is 5.13. The van der Waals surface area contributed by atoms with E-state index in [2.05, 4.69) is 22.1 Å². The first-order valence-corrected chi connectivity index (χ1v) is 9.39. The molecule has 0 aliphatic carbocycles. The fourth-order valence-electron chi connectivity index (χ4n) is 1.87. The highest BCUT2D eigenvalue weighted by atomic mass is 32.1. The van der Waals surface area contributed by atoms with Crippen molar-refractivity contribution in [2.75, 3.05) is 5.73 Å². The Hall–Kier alpha value is -1.98. The Morgan fingerprint density at radius 3 is 2.17 bits per heavy atom. The van der Waals surface area contributed by atoms with Crippen molar-refractivity contribution in [3.8, 4) is 10.4 Å². The third-order valence-electron chi connectivity index (χ3n) is 2.81. The Bertz CT molecular complexity index is 707. The van der Waals surface area contributed by atoms with Gasteiger partial charge in [-0.05, 0) is 29.8 Å². The molecule has 0 saturated carbocycles. The van der Waals surface area contributed by atoms with E-state index >= 15 is 0 Å².